The molecule has 5 heteroatoms. The zero-order chi connectivity index (χ0) is 12.4. The molecule has 0 aliphatic heterocycles. The van der Waals surface area contributed by atoms with Gasteiger partial charge in [-0.15, -0.1) is 0 Å². The Bertz CT molecular complexity index is 537. The van der Waals surface area contributed by atoms with E-state index in [1.807, 2.05) is 35.9 Å². The quantitative estimate of drug-likeness (QED) is 0.945. The number of ether oxygens (including phenoxy) is 1. The third kappa shape index (κ3) is 2.08. The summed E-state index contributed by atoms with van der Waals surface area (Å²) in [4.78, 5) is 4.52. The SMILES string of the molecule is COc1ccccc1-c1nc(CN)c(Br)n1C. The molecule has 90 valence electrons. The number of para-hydroxylation sites is 1. The Balaban J connectivity index is 2.60. The number of hydrogen-bond acceptors (Lipinski definition) is 3. The number of nitrogens with zero attached hydrogens (tertiary/aromatic N) is 2. The summed E-state index contributed by atoms with van der Waals surface area (Å²) in [5.41, 5.74) is 7.44. The maximum Gasteiger partial charge on any atom is 0.144 e. The Hall–Kier alpha value is -1.33. The first-order valence-corrected chi connectivity index (χ1v) is 6.03. The predicted molar refractivity (Wildman–Crippen MR) is 70.8 cm³/mol. The molecule has 0 bridgehead atoms. The minimum absolute atomic E-state index is 0.406. The van der Waals surface area contributed by atoms with Gasteiger partial charge in [0, 0.05) is 13.6 Å². The number of imidazole rings is 1. The van der Waals surface area contributed by atoms with E-state index in [-0.39, 0.29) is 0 Å². The van der Waals surface area contributed by atoms with E-state index in [1.165, 1.54) is 0 Å². The molecule has 1 heterocycles. The summed E-state index contributed by atoms with van der Waals surface area (Å²) >= 11 is 3.48. The maximum atomic E-state index is 5.64. The lowest BCUT2D eigenvalue weighted by atomic mass is 10.2. The fourth-order valence-electron chi connectivity index (χ4n) is 1.74. The molecule has 0 aliphatic rings. The molecule has 0 unspecified atom stereocenters. The third-order valence-electron chi connectivity index (χ3n) is 2.63. The zero-order valence-electron chi connectivity index (χ0n) is 9.77. The van der Waals surface area contributed by atoms with Gasteiger partial charge >= 0.3 is 0 Å². The van der Waals surface area contributed by atoms with Gasteiger partial charge in [0.2, 0.25) is 0 Å². The Morgan fingerprint density at radius 1 is 1.41 bits per heavy atom. The highest BCUT2D eigenvalue weighted by atomic mass is 79.9. The lowest BCUT2D eigenvalue weighted by Gasteiger charge is -2.07. The number of rotatable bonds is 3. The Morgan fingerprint density at radius 2 is 2.12 bits per heavy atom. The van der Waals surface area contributed by atoms with Crippen LogP contribution in [0.25, 0.3) is 11.4 Å². The number of hydrogen-bond donors (Lipinski definition) is 1. The van der Waals surface area contributed by atoms with Crippen LogP contribution in [0, 0.1) is 0 Å². The first-order chi connectivity index (χ1) is 8.19. The second kappa shape index (κ2) is 4.89. The van der Waals surface area contributed by atoms with Crippen LogP contribution in [0.5, 0.6) is 5.75 Å². The van der Waals surface area contributed by atoms with E-state index in [0.717, 1.165) is 27.4 Å². The Labute approximate surface area is 109 Å². The van der Waals surface area contributed by atoms with Crippen LogP contribution in [-0.4, -0.2) is 16.7 Å². The normalized spacial score (nSPS) is 10.6. The summed E-state index contributed by atoms with van der Waals surface area (Å²) in [6.45, 7) is 0.406. The van der Waals surface area contributed by atoms with E-state index in [1.54, 1.807) is 7.11 Å². The summed E-state index contributed by atoms with van der Waals surface area (Å²) in [5.74, 6) is 1.64. The molecule has 4 nitrogen and oxygen atoms in total. The number of methoxy groups -OCH3 is 1. The molecule has 2 rings (SSSR count). The van der Waals surface area contributed by atoms with E-state index < -0.39 is 0 Å². The van der Waals surface area contributed by atoms with E-state index in [9.17, 15) is 0 Å². The van der Waals surface area contributed by atoms with Gasteiger partial charge in [-0.3, -0.25) is 0 Å². The van der Waals surface area contributed by atoms with Gasteiger partial charge in [-0.1, -0.05) is 12.1 Å². The molecule has 0 fully saturated rings. The van der Waals surface area contributed by atoms with Crippen LogP contribution in [0.4, 0.5) is 0 Å². The maximum absolute atomic E-state index is 5.64. The Morgan fingerprint density at radius 3 is 2.71 bits per heavy atom. The van der Waals surface area contributed by atoms with Gasteiger partial charge in [-0.05, 0) is 28.1 Å². The predicted octanol–water partition coefficient (Wildman–Crippen LogP) is 2.32. The number of nitrogens with two attached hydrogens (primary N) is 1. The van der Waals surface area contributed by atoms with E-state index in [0.29, 0.717) is 6.54 Å². The minimum Gasteiger partial charge on any atom is -0.496 e. The van der Waals surface area contributed by atoms with Crippen molar-refractivity contribution in [2.75, 3.05) is 7.11 Å². The van der Waals surface area contributed by atoms with Gasteiger partial charge in [-0.25, -0.2) is 4.98 Å². The van der Waals surface area contributed by atoms with Gasteiger partial charge in [0.1, 0.15) is 16.2 Å². The molecule has 2 aromatic rings. The highest BCUT2D eigenvalue weighted by Gasteiger charge is 2.15. The number of halogens is 1. The average molecular weight is 296 g/mol. The zero-order valence-corrected chi connectivity index (χ0v) is 11.4. The van der Waals surface area contributed by atoms with Crippen molar-refractivity contribution in [3.8, 4) is 17.1 Å². The van der Waals surface area contributed by atoms with Crippen LogP contribution in [0.2, 0.25) is 0 Å². The highest BCUT2D eigenvalue weighted by molar-refractivity contribution is 9.10. The first-order valence-electron chi connectivity index (χ1n) is 5.23. The largest absolute Gasteiger partial charge is 0.496 e. The van der Waals surface area contributed by atoms with Gasteiger partial charge in [-0.2, -0.15) is 0 Å². The van der Waals surface area contributed by atoms with Crippen LogP contribution in [0.1, 0.15) is 5.69 Å². The molecule has 0 spiro atoms. The van der Waals surface area contributed by atoms with Gasteiger partial charge < -0.3 is 15.0 Å². The average Bonchev–Trinajstić information content (AvgIpc) is 2.66. The van der Waals surface area contributed by atoms with Gasteiger partial charge in [0.25, 0.3) is 0 Å². The van der Waals surface area contributed by atoms with E-state index >= 15 is 0 Å². The lowest BCUT2D eigenvalue weighted by molar-refractivity contribution is 0.416. The molecule has 0 atom stereocenters. The molecule has 1 aromatic carbocycles. The molecule has 0 amide bonds. The van der Waals surface area contributed by atoms with Crippen LogP contribution >= 0.6 is 15.9 Å². The smallest absolute Gasteiger partial charge is 0.144 e. The standard InChI is InChI=1S/C12H14BrN3O/c1-16-11(13)9(7-14)15-12(16)8-5-3-4-6-10(8)17-2/h3-6H,7,14H2,1-2H3. The van der Waals surface area contributed by atoms with Crippen LogP contribution in [-0.2, 0) is 13.6 Å². The molecule has 0 aliphatic carbocycles. The molecule has 17 heavy (non-hydrogen) atoms. The second-order valence-corrected chi connectivity index (χ2v) is 4.39. The first kappa shape index (κ1) is 12.1. The topological polar surface area (TPSA) is 53.1 Å². The van der Waals surface area contributed by atoms with Crippen molar-refractivity contribution in [3.05, 3.63) is 34.6 Å². The summed E-state index contributed by atoms with van der Waals surface area (Å²) in [7, 11) is 3.60. The lowest BCUT2D eigenvalue weighted by Crippen LogP contribution is -1.97. The fraction of sp³-hybridized carbons (Fsp3) is 0.250. The van der Waals surface area contributed by atoms with Crippen LogP contribution in [0.15, 0.2) is 28.9 Å². The van der Waals surface area contributed by atoms with E-state index in [2.05, 4.69) is 20.9 Å². The minimum atomic E-state index is 0.406. The van der Waals surface area contributed by atoms with Crippen molar-refractivity contribution in [1.29, 1.82) is 0 Å². The molecule has 2 N–H and O–H groups in total. The molecular weight excluding hydrogens is 282 g/mol. The van der Waals surface area contributed by atoms with Crippen LogP contribution in [0.3, 0.4) is 0 Å². The van der Waals surface area contributed by atoms with Crippen molar-refractivity contribution in [2.24, 2.45) is 12.8 Å². The Kier molecular flexibility index (Phi) is 3.49. The molecule has 0 saturated carbocycles. The van der Waals surface area contributed by atoms with Crippen molar-refractivity contribution >= 4 is 15.9 Å². The van der Waals surface area contributed by atoms with Gasteiger partial charge in [0.05, 0.1) is 18.4 Å². The summed E-state index contributed by atoms with van der Waals surface area (Å²) < 4.78 is 8.20. The monoisotopic (exact) mass is 295 g/mol. The molecular formula is C12H14BrN3O. The van der Waals surface area contributed by atoms with E-state index in [4.69, 9.17) is 10.5 Å². The molecule has 0 saturated heterocycles. The van der Waals surface area contributed by atoms with Crippen LogP contribution < -0.4 is 10.5 Å². The second-order valence-electron chi connectivity index (χ2n) is 3.64. The van der Waals surface area contributed by atoms with Gasteiger partial charge in [0.15, 0.2) is 0 Å². The number of benzene rings is 1. The highest BCUT2D eigenvalue weighted by Crippen LogP contribution is 2.31. The van der Waals surface area contributed by atoms with Crippen molar-refractivity contribution in [1.82, 2.24) is 9.55 Å². The molecule has 0 radical (unpaired) electrons. The third-order valence-corrected chi connectivity index (χ3v) is 3.62. The number of aromatic nitrogens is 2. The fourth-order valence-corrected chi connectivity index (χ4v) is 2.15. The van der Waals surface area contributed by atoms with Crippen molar-refractivity contribution in [2.45, 2.75) is 6.54 Å². The summed E-state index contributed by atoms with van der Waals surface area (Å²) in [6.07, 6.45) is 0. The summed E-state index contributed by atoms with van der Waals surface area (Å²) in [5, 5.41) is 0. The molecule has 1 aromatic heterocycles. The summed E-state index contributed by atoms with van der Waals surface area (Å²) in [6, 6.07) is 7.79. The van der Waals surface area contributed by atoms with Crippen molar-refractivity contribution in [3.63, 3.8) is 0 Å². The van der Waals surface area contributed by atoms with Crippen molar-refractivity contribution < 1.29 is 4.74 Å².